The van der Waals surface area contributed by atoms with E-state index in [1.807, 2.05) is 61.5 Å². The zero-order valence-electron chi connectivity index (χ0n) is 13.9. The average molecular weight is 337 g/mol. The number of nitrogens with one attached hydrogen (secondary N) is 1. The van der Waals surface area contributed by atoms with Crippen molar-refractivity contribution in [3.05, 3.63) is 66.1 Å². The molecule has 3 rings (SSSR count). The molecule has 0 saturated heterocycles. The first kappa shape index (κ1) is 16.7. The van der Waals surface area contributed by atoms with Crippen LogP contribution in [0.2, 0.25) is 0 Å². The maximum absolute atomic E-state index is 12.0. The number of hydrogen-bond donors (Lipinski definition) is 1. The highest BCUT2D eigenvalue weighted by atomic mass is 16.5. The fourth-order valence-corrected chi connectivity index (χ4v) is 2.31. The van der Waals surface area contributed by atoms with Gasteiger partial charge in [-0.2, -0.15) is 0 Å². The zero-order chi connectivity index (χ0) is 17.5. The lowest BCUT2D eigenvalue weighted by molar-refractivity contribution is -0.120. The van der Waals surface area contributed by atoms with Gasteiger partial charge >= 0.3 is 0 Å². The molecule has 25 heavy (non-hydrogen) atoms. The summed E-state index contributed by atoms with van der Waals surface area (Å²) in [6.45, 7) is 2.76. The van der Waals surface area contributed by atoms with Gasteiger partial charge < -0.3 is 14.5 Å². The Labute approximate surface area is 145 Å². The van der Waals surface area contributed by atoms with Gasteiger partial charge in [-0.15, -0.1) is 10.2 Å². The largest absolute Gasteiger partial charge is 0.494 e. The molecule has 0 unspecified atom stereocenters. The summed E-state index contributed by atoms with van der Waals surface area (Å²) in [4.78, 5) is 12.0. The van der Waals surface area contributed by atoms with Crippen molar-refractivity contribution in [3.8, 4) is 17.2 Å². The number of rotatable bonds is 7. The van der Waals surface area contributed by atoms with Gasteiger partial charge in [-0.3, -0.25) is 4.79 Å². The monoisotopic (exact) mass is 337 g/mol. The van der Waals surface area contributed by atoms with E-state index in [-0.39, 0.29) is 18.9 Å². The minimum atomic E-state index is -0.108. The number of ether oxygens (including phenoxy) is 1. The Bertz CT molecular complexity index is 813. The summed E-state index contributed by atoms with van der Waals surface area (Å²) in [6, 6.07) is 17.0. The summed E-state index contributed by atoms with van der Waals surface area (Å²) >= 11 is 0. The first-order valence-corrected chi connectivity index (χ1v) is 8.11. The minimum absolute atomic E-state index is 0.108. The molecule has 1 heterocycles. The van der Waals surface area contributed by atoms with Crippen molar-refractivity contribution in [3.63, 3.8) is 0 Å². The van der Waals surface area contributed by atoms with Crippen LogP contribution in [0.25, 0.3) is 11.5 Å². The predicted octanol–water partition coefficient (Wildman–Crippen LogP) is 2.99. The van der Waals surface area contributed by atoms with Gasteiger partial charge in [-0.1, -0.05) is 30.3 Å². The highest BCUT2D eigenvalue weighted by Gasteiger charge is 2.10. The van der Waals surface area contributed by atoms with Gasteiger partial charge in [0.05, 0.1) is 19.6 Å². The second-order valence-electron chi connectivity index (χ2n) is 5.40. The minimum Gasteiger partial charge on any atom is -0.494 e. The molecule has 6 nitrogen and oxygen atoms in total. The molecule has 0 aliphatic rings. The van der Waals surface area contributed by atoms with Crippen LogP contribution >= 0.6 is 0 Å². The molecular weight excluding hydrogens is 318 g/mol. The summed E-state index contributed by atoms with van der Waals surface area (Å²) in [5, 5.41) is 10.7. The van der Waals surface area contributed by atoms with Crippen molar-refractivity contribution in [1.82, 2.24) is 15.5 Å². The number of nitrogens with zero attached hydrogens (tertiary/aromatic N) is 2. The summed E-state index contributed by atoms with van der Waals surface area (Å²) in [5.74, 6) is 1.50. The lowest BCUT2D eigenvalue weighted by Gasteiger charge is -2.05. The third-order valence-electron chi connectivity index (χ3n) is 3.52. The van der Waals surface area contributed by atoms with Crippen molar-refractivity contribution >= 4 is 5.91 Å². The molecule has 0 aliphatic carbocycles. The van der Waals surface area contributed by atoms with Crippen LogP contribution in [0.15, 0.2) is 59.0 Å². The Morgan fingerprint density at radius 2 is 1.84 bits per heavy atom. The van der Waals surface area contributed by atoms with Gasteiger partial charge in [0, 0.05) is 5.56 Å². The molecule has 6 heteroatoms. The fourth-order valence-electron chi connectivity index (χ4n) is 2.31. The number of carbonyl (C=O) groups is 1. The van der Waals surface area contributed by atoms with Crippen molar-refractivity contribution < 1.29 is 13.9 Å². The predicted molar refractivity (Wildman–Crippen MR) is 92.9 cm³/mol. The lowest BCUT2D eigenvalue weighted by Crippen LogP contribution is -2.24. The zero-order valence-corrected chi connectivity index (χ0v) is 13.9. The van der Waals surface area contributed by atoms with E-state index in [2.05, 4.69) is 15.5 Å². The Kier molecular flexibility index (Phi) is 5.41. The lowest BCUT2D eigenvalue weighted by atomic mass is 10.1. The molecule has 0 aliphatic heterocycles. The third kappa shape index (κ3) is 4.67. The molecule has 1 amide bonds. The van der Waals surface area contributed by atoms with Crippen molar-refractivity contribution in [1.29, 1.82) is 0 Å². The van der Waals surface area contributed by atoms with Crippen LogP contribution in [0.1, 0.15) is 18.4 Å². The van der Waals surface area contributed by atoms with E-state index in [1.54, 1.807) is 0 Å². The van der Waals surface area contributed by atoms with Crippen LogP contribution in [0.4, 0.5) is 0 Å². The number of aromatic nitrogens is 2. The van der Waals surface area contributed by atoms with E-state index in [0.717, 1.165) is 16.9 Å². The Morgan fingerprint density at radius 1 is 1.08 bits per heavy atom. The summed E-state index contributed by atoms with van der Waals surface area (Å²) in [5.41, 5.74) is 1.76. The van der Waals surface area contributed by atoms with Crippen molar-refractivity contribution in [2.45, 2.75) is 19.9 Å². The molecule has 2 aromatic carbocycles. The van der Waals surface area contributed by atoms with Crippen LogP contribution in [-0.4, -0.2) is 22.7 Å². The van der Waals surface area contributed by atoms with Gasteiger partial charge in [0.25, 0.3) is 0 Å². The van der Waals surface area contributed by atoms with Crippen molar-refractivity contribution in [2.75, 3.05) is 6.61 Å². The number of amides is 1. The topological polar surface area (TPSA) is 77.2 Å². The summed E-state index contributed by atoms with van der Waals surface area (Å²) in [7, 11) is 0. The van der Waals surface area contributed by atoms with Gasteiger partial charge in [0.1, 0.15) is 5.75 Å². The first-order valence-electron chi connectivity index (χ1n) is 8.11. The Morgan fingerprint density at radius 3 is 2.56 bits per heavy atom. The maximum Gasteiger partial charge on any atom is 0.247 e. The molecule has 0 saturated carbocycles. The molecule has 0 fully saturated rings. The highest BCUT2D eigenvalue weighted by Crippen LogP contribution is 2.17. The third-order valence-corrected chi connectivity index (χ3v) is 3.52. The molecule has 0 spiro atoms. The average Bonchev–Trinajstić information content (AvgIpc) is 3.12. The molecule has 0 atom stereocenters. The maximum atomic E-state index is 12.0. The standard InChI is InChI=1S/C19H19N3O3/c1-2-24-16-10-8-14(9-11-16)12-17(23)20-13-18-21-22-19(25-18)15-6-4-3-5-7-15/h3-11H,2,12-13H2,1H3,(H,20,23). The normalized spacial score (nSPS) is 10.4. The molecule has 1 N–H and O–H groups in total. The van der Waals surface area contributed by atoms with E-state index in [4.69, 9.17) is 9.15 Å². The molecule has 0 bridgehead atoms. The van der Waals surface area contributed by atoms with Gasteiger partial charge in [-0.25, -0.2) is 0 Å². The molecule has 0 radical (unpaired) electrons. The van der Waals surface area contributed by atoms with Crippen LogP contribution in [0, 0.1) is 0 Å². The Balaban J connectivity index is 1.51. The highest BCUT2D eigenvalue weighted by molar-refractivity contribution is 5.78. The fraction of sp³-hybridized carbons (Fsp3) is 0.211. The van der Waals surface area contributed by atoms with Gasteiger partial charge in [0.2, 0.25) is 17.7 Å². The quantitative estimate of drug-likeness (QED) is 0.717. The second kappa shape index (κ2) is 8.10. The van der Waals surface area contributed by atoms with E-state index in [1.165, 1.54) is 0 Å². The Hall–Kier alpha value is -3.15. The SMILES string of the molecule is CCOc1ccc(CC(=O)NCc2nnc(-c3ccccc3)o2)cc1. The van der Waals surface area contributed by atoms with E-state index < -0.39 is 0 Å². The smallest absolute Gasteiger partial charge is 0.247 e. The van der Waals surface area contributed by atoms with E-state index in [9.17, 15) is 4.79 Å². The van der Waals surface area contributed by atoms with Crippen LogP contribution in [-0.2, 0) is 17.8 Å². The van der Waals surface area contributed by atoms with Crippen LogP contribution in [0.5, 0.6) is 5.75 Å². The van der Waals surface area contributed by atoms with Gasteiger partial charge in [-0.05, 0) is 36.8 Å². The molecule has 3 aromatic rings. The number of hydrogen-bond acceptors (Lipinski definition) is 5. The van der Waals surface area contributed by atoms with Crippen LogP contribution < -0.4 is 10.1 Å². The van der Waals surface area contributed by atoms with Gasteiger partial charge in [0.15, 0.2) is 0 Å². The number of benzene rings is 2. The molecule has 128 valence electrons. The summed E-state index contributed by atoms with van der Waals surface area (Å²) < 4.78 is 10.9. The number of carbonyl (C=O) groups excluding carboxylic acids is 1. The summed E-state index contributed by atoms with van der Waals surface area (Å²) in [6.07, 6.45) is 0.284. The first-order chi connectivity index (χ1) is 12.2. The van der Waals surface area contributed by atoms with Crippen molar-refractivity contribution in [2.24, 2.45) is 0 Å². The molecular formula is C19H19N3O3. The second-order valence-corrected chi connectivity index (χ2v) is 5.40. The van der Waals surface area contributed by atoms with E-state index in [0.29, 0.717) is 18.4 Å². The van der Waals surface area contributed by atoms with Crippen LogP contribution in [0.3, 0.4) is 0 Å². The van der Waals surface area contributed by atoms with E-state index >= 15 is 0 Å². The molecule has 1 aromatic heterocycles.